The molecule has 0 radical (unpaired) electrons. The van der Waals surface area contributed by atoms with Gasteiger partial charge in [-0.3, -0.25) is 4.79 Å². The van der Waals surface area contributed by atoms with E-state index in [0.29, 0.717) is 24.0 Å². The average Bonchev–Trinajstić information content (AvgIpc) is 3.42. The van der Waals surface area contributed by atoms with Crippen molar-refractivity contribution >= 4 is 27.5 Å². The van der Waals surface area contributed by atoms with Crippen molar-refractivity contribution < 1.29 is 9.53 Å². The van der Waals surface area contributed by atoms with Gasteiger partial charge < -0.3 is 9.64 Å². The molecule has 1 saturated heterocycles. The van der Waals surface area contributed by atoms with E-state index in [1.54, 1.807) is 11.3 Å². The van der Waals surface area contributed by atoms with Crippen LogP contribution in [0.4, 0.5) is 0 Å². The van der Waals surface area contributed by atoms with Gasteiger partial charge in [0.25, 0.3) is 11.1 Å². The SMILES string of the molecule is Cc1cccc2sc(OC3CCN(C(=O)c4cnn(-c5ccccc5)n4)CC3)nc12. The van der Waals surface area contributed by atoms with Crippen LogP contribution in [0.2, 0.25) is 0 Å². The molecule has 30 heavy (non-hydrogen) atoms. The van der Waals surface area contributed by atoms with Crippen LogP contribution < -0.4 is 4.74 Å². The summed E-state index contributed by atoms with van der Waals surface area (Å²) in [7, 11) is 0. The molecule has 2 aromatic carbocycles. The summed E-state index contributed by atoms with van der Waals surface area (Å²) < 4.78 is 7.27. The Hall–Kier alpha value is -3.26. The van der Waals surface area contributed by atoms with Crippen molar-refractivity contribution in [2.24, 2.45) is 0 Å². The number of amides is 1. The fraction of sp³-hybridized carbons (Fsp3) is 0.273. The first-order chi connectivity index (χ1) is 14.7. The van der Waals surface area contributed by atoms with Gasteiger partial charge in [0.1, 0.15) is 6.10 Å². The molecule has 0 unspecified atom stereocenters. The number of para-hydroxylation sites is 2. The molecular weight excluding hydrogens is 398 g/mol. The van der Waals surface area contributed by atoms with Crippen molar-refractivity contribution in [3.05, 3.63) is 66.0 Å². The fourth-order valence-corrected chi connectivity index (χ4v) is 4.60. The van der Waals surface area contributed by atoms with Crippen LogP contribution in [0.25, 0.3) is 15.9 Å². The molecule has 1 amide bonds. The summed E-state index contributed by atoms with van der Waals surface area (Å²) in [5, 5.41) is 9.28. The molecule has 7 nitrogen and oxygen atoms in total. The average molecular weight is 420 g/mol. The summed E-state index contributed by atoms with van der Waals surface area (Å²) in [6.45, 7) is 3.32. The molecule has 152 valence electrons. The molecule has 3 heterocycles. The van der Waals surface area contributed by atoms with Crippen LogP contribution in [0.1, 0.15) is 28.9 Å². The van der Waals surface area contributed by atoms with E-state index >= 15 is 0 Å². The number of piperidine rings is 1. The van der Waals surface area contributed by atoms with E-state index in [9.17, 15) is 4.79 Å². The molecule has 1 aliphatic rings. The number of benzene rings is 2. The molecule has 0 atom stereocenters. The lowest BCUT2D eigenvalue weighted by molar-refractivity contribution is 0.0589. The number of ether oxygens (including phenoxy) is 1. The minimum Gasteiger partial charge on any atom is -0.467 e. The summed E-state index contributed by atoms with van der Waals surface area (Å²) in [5.74, 6) is -0.0914. The summed E-state index contributed by atoms with van der Waals surface area (Å²) in [5.41, 5.74) is 3.35. The second-order valence-electron chi connectivity index (χ2n) is 7.37. The Morgan fingerprint density at radius 2 is 1.90 bits per heavy atom. The maximum absolute atomic E-state index is 12.8. The molecule has 0 N–H and O–H groups in total. The quantitative estimate of drug-likeness (QED) is 0.502. The van der Waals surface area contributed by atoms with E-state index in [4.69, 9.17) is 4.74 Å². The number of thiazole rings is 1. The van der Waals surface area contributed by atoms with Gasteiger partial charge in [-0.05, 0) is 30.7 Å². The van der Waals surface area contributed by atoms with E-state index in [1.807, 2.05) is 41.3 Å². The first-order valence-electron chi connectivity index (χ1n) is 9.97. The monoisotopic (exact) mass is 419 g/mol. The normalized spacial score (nSPS) is 14.9. The molecule has 5 rings (SSSR count). The van der Waals surface area contributed by atoms with Crippen LogP contribution in [-0.2, 0) is 0 Å². The highest BCUT2D eigenvalue weighted by atomic mass is 32.1. The highest BCUT2D eigenvalue weighted by molar-refractivity contribution is 7.20. The highest BCUT2D eigenvalue weighted by Crippen LogP contribution is 2.31. The van der Waals surface area contributed by atoms with Crippen LogP contribution in [-0.4, -0.2) is 50.0 Å². The third-order valence-corrected chi connectivity index (χ3v) is 6.21. The standard InChI is InChI=1S/C22H21N5O2S/c1-15-6-5-9-19-20(15)24-22(30-19)29-17-10-12-26(13-11-17)21(28)18-14-23-27(25-18)16-7-3-2-4-8-16/h2-9,14,17H,10-13H2,1H3. The molecule has 0 spiro atoms. The smallest absolute Gasteiger partial charge is 0.276 e. The van der Waals surface area contributed by atoms with Gasteiger partial charge in [-0.25, -0.2) is 4.98 Å². The lowest BCUT2D eigenvalue weighted by atomic mass is 10.1. The number of hydrogen-bond acceptors (Lipinski definition) is 6. The molecule has 1 fully saturated rings. The Morgan fingerprint density at radius 3 is 2.67 bits per heavy atom. The van der Waals surface area contributed by atoms with Crippen molar-refractivity contribution in [2.45, 2.75) is 25.9 Å². The largest absolute Gasteiger partial charge is 0.467 e. The Morgan fingerprint density at radius 1 is 1.10 bits per heavy atom. The number of hydrogen-bond donors (Lipinski definition) is 0. The van der Waals surface area contributed by atoms with Crippen LogP contribution in [0, 0.1) is 6.92 Å². The highest BCUT2D eigenvalue weighted by Gasteiger charge is 2.27. The molecule has 8 heteroatoms. The number of fused-ring (bicyclic) bond motifs is 1. The van der Waals surface area contributed by atoms with Gasteiger partial charge in [0.2, 0.25) is 0 Å². The van der Waals surface area contributed by atoms with Gasteiger partial charge in [0, 0.05) is 25.9 Å². The number of rotatable bonds is 4. The van der Waals surface area contributed by atoms with E-state index in [0.717, 1.165) is 34.3 Å². The zero-order chi connectivity index (χ0) is 20.5. The van der Waals surface area contributed by atoms with E-state index in [-0.39, 0.29) is 12.0 Å². The molecule has 0 aliphatic carbocycles. The topological polar surface area (TPSA) is 73.1 Å². The number of likely N-dealkylation sites (tertiary alicyclic amines) is 1. The Bertz CT molecular complexity index is 1180. The lowest BCUT2D eigenvalue weighted by Gasteiger charge is -2.31. The van der Waals surface area contributed by atoms with E-state index in [2.05, 4.69) is 34.2 Å². The zero-order valence-corrected chi connectivity index (χ0v) is 17.4. The zero-order valence-electron chi connectivity index (χ0n) is 16.6. The molecule has 1 aliphatic heterocycles. The van der Waals surface area contributed by atoms with Crippen molar-refractivity contribution in [2.75, 3.05) is 13.1 Å². The third kappa shape index (κ3) is 3.66. The van der Waals surface area contributed by atoms with Gasteiger partial charge in [0.05, 0.1) is 22.1 Å². The molecule has 2 aromatic heterocycles. The van der Waals surface area contributed by atoms with Gasteiger partial charge in [-0.15, -0.1) is 5.10 Å². The van der Waals surface area contributed by atoms with E-state index in [1.165, 1.54) is 11.0 Å². The van der Waals surface area contributed by atoms with Gasteiger partial charge >= 0.3 is 0 Å². The van der Waals surface area contributed by atoms with Crippen molar-refractivity contribution in [1.29, 1.82) is 0 Å². The molecule has 4 aromatic rings. The van der Waals surface area contributed by atoms with Crippen LogP contribution in [0.3, 0.4) is 0 Å². The van der Waals surface area contributed by atoms with Gasteiger partial charge in [0.15, 0.2) is 5.69 Å². The Labute approximate surface area is 177 Å². The fourth-order valence-electron chi connectivity index (χ4n) is 3.64. The summed E-state index contributed by atoms with van der Waals surface area (Å²) >= 11 is 1.57. The molecule has 0 saturated carbocycles. The predicted molar refractivity (Wildman–Crippen MR) is 115 cm³/mol. The maximum Gasteiger partial charge on any atom is 0.276 e. The van der Waals surface area contributed by atoms with Crippen molar-refractivity contribution in [3.8, 4) is 10.9 Å². The van der Waals surface area contributed by atoms with Crippen LogP contribution in [0.15, 0.2) is 54.7 Å². The summed E-state index contributed by atoms with van der Waals surface area (Å²) in [6, 6.07) is 15.7. The lowest BCUT2D eigenvalue weighted by Crippen LogP contribution is -2.42. The number of aryl methyl sites for hydroxylation is 1. The van der Waals surface area contributed by atoms with Crippen LogP contribution >= 0.6 is 11.3 Å². The summed E-state index contributed by atoms with van der Waals surface area (Å²) in [6.07, 6.45) is 3.14. The Kier molecular flexibility index (Phi) is 4.92. The molecular formula is C22H21N5O2S. The maximum atomic E-state index is 12.8. The minimum absolute atomic E-state index is 0.0647. The first-order valence-corrected chi connectivity index (χ1v) is 10.8. The van der Waals surface area contributed by atoms with Crippen molar-refractivity contribution in [1.82, 2.24) is 24.9 Å². The second kappa shape index (κ2) is 7.87. The third-order valence-electron chi connectivity index (χ3n) is 5.30. The minimum atomic E-state index is -0.0914. The number of nitrogens with zero attached hydrogens (tertiary/aromatic N) is 5. The number of carbonyl (C=O) groups excluding carboxylic acids is 1. The number of aromatic nitrogens is 4. The summed E-state index contributed by atoms with van der Waals surface area (Å²) in [4.78, 5) is 20.8. The van der Waals surface area contributed by atoms with Gasteiger partial charge in [-0.1, -0.05) is 41.7 Å². The van der Waals surface area contributed by atoms with Crippen LogP contribution in [0.5, 0.6) is 5.19 Å². The van der Waals surface area contributed by atoms with E-state index < -0.39 is 0 Å². The first kappa shape index (κ1) is 18.7. The number of carbonyl (C=O) groups is 1. The molecule has 0 bridgehead atoms. The Balaban J connectivity index is 1.21. The predicted octanol–water partition coefficient (Wildman–Crippen LogP) is 3.87. The second-order valence-corrected chi connectivity index (χ2v) is 8.36. The van der Waals surface area contributed by atoms with Crippen molar-refractivity contribution in [3.63, 3.8) is 0 Å². The van der Waals surface area contributed by atoms with Gasteiger partial charge in [-0.2, -0.15) is 9.90 Å².